The number of aromatic nitrogens is 3. The van der Waals surface area contributed by atoms with Crippen LogP contribution in [-0.4, -0.2) is 32.5 Å². The molecule has 0 unspecified atom stereocenters. The lowest BCUT2D eigenvalue weighted by molar-refractivity contribution is -0.577. The molecule has 4 rings (SSSR count). The molecule has 0 N–H and O–H groups in total. The molecule has 0 atom stereocenters. The fourth-order valence-electron chi connectivity index (χ4n) is 3.87. The Balaban J connectivity index is 1.99. The van der Waals surface area contributed by atoms with E-state index in [9.17, 15) is 14.7 Å². The number of carbonyl (C=O) groups excluding carboxylic acids is 2. The highest BCUT2D eigenvalue weighted by Crippen LogP contribution is 2.37. The second-order valence-corrected chi connectivity index (χ2v) is 9.11. The molecule has 7 nitrogen and oxygen atoms in total. The van der Waals surface area contributed by atoms with Gasteiger partial charge in [-0.25, -0.2) is 4.68 Å². The normalized spacial score (nSPS) is 14.2. The second kappa shape index (κ2) is 8.32. The van der Waals surface area contributed by atoms with Crippen LogP contribution in [0, 0.1) is 20.8 Å². The molecule has 1 aromatic carbocycles. The third-order valence-electron chi connectivity index (χ3n) is 5.72. The molecule has 3 heterocycles. The van der Waals surface area contributed by atoms with Gasteiger partial charge in [-0.2, -0.15) is 9.67 Å². The first-order valence-electron chi connectivity index (χ1n) is 10.4. The van der Waals surface area contributed by atoms with Crippen molar-refractivity contribution >= 4 is 46.3 Å². The number of halogens is 2. The maximum Gasteiger partial charge on any atom is 0.327 e. The Bertz CT molecular complexity index is 1360. The van der Waals surface area contributed by atoms with E-state index in [-0.39, 0.29) is 27.9 Å². The largest absolute Gasteiger partial charge is 0.858 e. The van der Waals surface area contributed by atoms with E-state index in [1.165, 1.54) is 15.6 Å². The van der Waals surface area contributed by atoms with E-state index in [1.54, 1.807) is 49.9 Å². The summed E-state index contributed by atoms with van der Waals surface area (Å²) in [6.07, 6.45) is 3.50. The van der Waals surface area contributed by atoms with Gasteiger partial charge in [-0.05, 0) is 64.3 Å². The van der Waals surface area contributed by atoms with Crippen molar-refractivity contribution in [3.8, 4) is 11.6 Å². The lowest BCUT2D eigenvalue weighted by Gasteiger charge is -2.18. The fourth-order valence-corrected chi connectivity index (χ4v) is 4.16. The van der Waals surface area contributed by atoms with Crippen LogP contribution in [0.3, 0.4) is 0 Å². The number of nitrogens with zero attached hydrogens (tertiary/aromatic N) is 4. The van der Waals surface area contributed by atoms with Crippen molar-refractivity contribution in [3.63, 3.8) is 0 Å². The summed E-state index contributed by atoms with van der Waals surface area (Å²) in [5.41, 5.74) is 2.97. The van der Waals surface area contributed by atoms with Gasteiger partial charge < -0.3 is 5.11 Å². The Morgan fingerprint density at radius 2 is 1.70 bits per heavy atom. The molecule has 0 saturated carbocycles. The van der Waals surface area contributed by atoms with Crippen molar-refractivity contribution < 1.29 is 19.3 Å². The van der Waals surface area contributed by atoms with Crippen LogP contribution in [0.2, 0.25) is 10.0 Å². The van der Waals surface area contributed by atoms with Crippen molar-refractivity contribution in [2.45, 2.75) is 40.7 Å². The van der Waals surface area contributed by atoms with Gasteiger partial charge in [0.2, 0.25) is 0 Å². The molecule has 9 heteroatoms. The number of carbonyl (C=O) groups is 2. The standard InChI is InChI=1S/C24H22Cl2N4O3/c1-12(2)29-22(31)20(21(24(29)33)28-9-8-13(3)14(4)11-28)19-15(5)27-30(23(19)32)16-6-7-17(25)18(26)10-16/h6-12H,1-5H3. The molecule has 0 saturated heterocycles. The average Bonchev–Trinajstić information content (AvgIpc) is 3.17. The summed E-state index contributed by atoms with van der Waals surface area (Å²) in [4.78, 5) is 28.0. The summed E-state index contributed by atoms with van der Waals surface area (Å²) in [7, 11) is 0. The van der Waals surface area contributed by atoms with Crippen molar-refractivity contribution in [2.75, 3.05) is 0 Å². The SMILES string of the molecule is Cc1cc[n+](C2=C(c3c(C)nn(-c4ccc(Cl)c(Cl)c4)c3[O-])C(=O)N(C(C)C)C2=O)cc1C. The monoisotopic (exact) mass is 484 g/mol. The summed E-state index contributed by atoms with van der Waals surface area (Å²) in [6.45, 7) is 9.02. The predicted molar refractivity (Wildman–Crippen MR) is 124 cm³/mol. The fraction of sp³-hybridized carbons (Fsp3) is 0.250. The number of imide groups is 1. The van der Waals surface area contributed by atoms with Gasteiger partial charge in [0.25, 0.3) is 11.6 Å². The zero-order valence-corrected chi connectivity index (χ0v) is 20.3. The number of amides is 2. The van der Waals surface area contributed by atoms with Gasteiger partial charge in [-0.1, -0.05) is 23.2 Å². The molecule has 3 aromatic rings. The average molecular weight is 485 g/mol. The van der Waals surface area contributed by atoms with E-state index in [2.05, 4.69) is 5.10 Å². The highest BCUT2D eigenvalue weighted by Gasteiger charge is 2.47. The first-order chi connectivity index (χ1) is 15.5. The Labute approximate surface area is 201 Å². The van der Waals surface area contributed by atoms with Gasteiger partial charge in [-0.15, -0.1) is 0 Å². The van der Waals surface area contributed by atoms with E-state index < -0.39 is 17.7 Å². The summed E-state index contributed by atoms with van der Waals surface area (Å²) in [5, 5.41) is 18.5. The van der Waals surface area contributed by atoms with Crippen molar-refractivity contribution in [2.24, 2.45) is 0 Å². The molecule has 2 amide bonds. The van der Waals surface area contributed by atoms with Crippen LogP contribution in [0.15, 0.2) is 36.7 Å². The molecule has 1 aliphatic rings. The van der Waals surface area contributed by atoms with Crippen LogP contribution in [0.1, 0.15) is 36.2 Å². The quantitative estimate of drug-likeness (QED) is 0.418. The van der Waals surface area contributed by atoms with Crippen LogP contribution in [-0.2, 0) is 9.59 Å². The van der Waals surface area contributed by atoms with E-state index in [4.69, 9.17) is 23.2 Å². The van der Waals surface area contributed by atoms with Crippen LogP contribution in [0.5, 0.6) is 5.88 Å². The topological polar surface area (TPSA) is 82.1 Å². The summed E-state index contributed by atoms with van der Waals surface area (Å²) in [5.74, 6) is -1.50. The number of rotatable bonds is 4. The molecule has 0 spiro atoms. The van der Waals surface area contributed by atoms with Gasteiger partial charge in [0.15, 0.2) is 12.4 Å². The smallest absolute Gasteiger partial charge is 0.327 e. The van der Waals surface area contributed by atoms with Crippen molar-refractivity contribution in [3.05, 3.63) is 69.1 Å². The van der Waals surface area contributed by atoms with Crippen LogP contribution in [0.4, 0.5) is 0 Å². The lowest BCUT2D eigenvalue weighted by atomic mass is 10.0. The maximum atomic E-state index is 13.5. The number of hydrogen-bond donors (Lipinski definition) is 0. The summed E-state index contributed by atoms with van der Waals surface area (Å²) < 4.78 is 2.77. The minimum absolute atomic E-state index is 0.0377. The third-order valence-corrected chi connectivity index (χ3v) is 6.46. The predicted octanol–water partition coefficient (Wildman–Crippen LogP) is 3.61. The first kappa shape index (κ1) is 23.0. The van der Waals surface area contributed by atoms with E-state index in [1.807, 2.05) is 19.9 Å². The van der Waals surface area contributed by atoms with Gasteiger partial charge in [-0.3, -0.25) is 14.5 Å². The van der Waals surface area contributed by atoms with E-state index in [0.29, 0.717) is 16.4 Å². The Morgan fingerprint density at radius 1 is 1.00 bits per heavy atom. The lowest BCUT2D eigenvalue weighted by Crippen LogP contribution is -2.42. The van der Waals surface area contributed by atoms with Crippen LogP contribution < -0.4 is 9.67 Å². The Hall–Kier alpha value is -3.16. The van der Waals surface area contributed by atoms with Crippen molar-refractivity contribution in [1.29, 1.82) is 0 Å². The molecule has 1 aliphatic heterocycles. The Morgan fingerprint density at radius 3 is 2.30 bits per heavy atom. The molecule has 170 valence electrons. The summed E-state index contributed by atoms with van der Waals surface area (Å²) >= 11 is 12.1. The molecular weight excluding hydrogens is 463 g/mol. The van der Waals surface area contributed by atoms with Crippen LogP contribution >= 0.6 is 23.2 Å². The molecular formula is C24H22Cl2N4O3. The molecule has 0 fully saturated rings. The van der Waals surface area contributed by atoms with Gasteiger partial charge >= 0.3 is 5.91 Å². The summed E-state index contributed by atoms with van der Waals surface area (Å²) in [6, 6.07) is 6.18. The highest BCUT2D eigenvalue weighted by molar-refractivity contribution is 6.45. The highest BCUT2D eigenvalue weighted by atomic mass is 35.5. The van der Waals surface area contributed by atoms with Gasteiger partial charge in [0, 0.05) is 23.2 Å². The molecule has 0 bridgehead atoms. The number of hydrogen-bond acceptors (Lipinski definition) is 4. The zero-order valence-electron chi connectivity index (χ0n) is 18.8. The van der Waals surface area contributed by atoms with Gasteiger partial charge in [0.05, 0.1) is 21.4 Å². The zero-order chi connectivity index (χ0) is 24.2. The second-order valence-electron chi connectivity index (χ2n) is 8.29. The number of aryl methyl sites for hydroxylation is 3. The molecule has 2 aromatic heterocycles. The molecule has 0 radical (unpaired) electrons. The maximum absolute atomic E-state index is 13.5. The minimum Gasteiger partial charge on any atom is -0.858 e. The third kappa shape index (κ3) is 3.71. The van der Waals surface area contributed by atoms with E-state index >= 15 is 0 Å². The first-order valence-corrected chi connectivity index (χ1v) is 11.1. The Kier molecular flexibility index (Phi) is 5.80. The van der Waals surface area contributed by atoms with Crippen LogP contribution in [0.25, 0.3) is 17.0 Å². The number of pyridine rings is 1. The van der Waals surface area contributed by atoms with Crippen molar-refractivity contribution in [1.82, 2.24) is 14.7 Å². The molecule has 0 aliphatic carbocycles. The number of benzene rings is 1. The minimum atomic E-state index is -0.524. The van der Waals surface area contributed by atoms with E-state index in [0.717, 1.165) is 11.1 Å². The molecule has 33 heavy (non-hydrogen) atoms. The van der Waals surface area contributed by atoms with Gasteiger partial charge in [0.1, 0.15) is 5.57 Å².